The van der Waals surface area contributed by atoms with E-state index in [2.05, 4.69) is 35.5 Å². The predicted molar refractivity (Wildman–Crippen MR) is 184 cm³/mol. The quantitative estimate of drug-likeness (QED) is 0.0998. The van der Waals surface area contributed by atoms with Gasteiger partial charge in [-0.05, 0) is 96.8 Å². The number of amides is 1. The van der Waals surface area contributed by atoms with Crippen molar-refractivity contribution in [3.8, 4) is 17.5 Å². The zero-order chi connectivity index (χ0) is 32.6. The van der Waals surface area contributed by atoms with Gasteiger partial charge in [-0.2, -0.15) is 5.26 Å². The zero-order valence-electron chi connectivity index (χ0n) is 26.4. The molecule has 2 atom stereocenters. The van der Waals surface area contributed by atoms with Crippen LogP contribution < -0.4 is 15.5 Å². The highest BCUT2D eigenvalue weighted by Gasteiger charge is 2.19. The molecule has 0 radical (unpaired) electrons. The summed E-state index contributed by atoms with van der Waals surface area (Å²) in [5.74, 6) is 0.832. The van der Waals surface area contributed by atoms with Crippen LogP contribution in [0.25, 0.3) is 22.4 Å². The molecule has 9 nitrogen and oxygen atoms in total. The maximum Gasteiger partial charge on any atom is 0.255 e. The van der Waals surface area contributed by atoms with Crippen molar-refractivity contribution in [2.24, 2.45) is 5.92 Å². The predicted octanol–water partition coefficient (Wildman–Crippen LogP) is 6.65. The summed E-state index contributed by atoms with van der Waals surface area (Å²) in [7, 11) is 0. The largest absolute Gasteiger partial charge is 0.395 e. The molecule has 0 saturated heterocycles. The average Bonchev–Trinajstić information content (AvgIpc) is 3.51. The first-order valence-electron chi connectivity index (χ1n) is 15.6. The summed E-state index contributed by atoms with van der Waals surface area (Å²) in [6.45, 7) is 7.28. The van der Waals surface area contributed by atoms with Gasteiger partial charge in [0.2, 0.25) is 0 Å². The Hall–Kier alpha value is -5.17. The van der Waals surface area contributed by atoms with Crippen molar-refractivity contribution >= 4 is 34.0 Å². The molecule has 236 valence electrons. The summed E-state index contributed by atoms with van der Waals surface area (Å²) in [6, 6.07) is 29.0. The Morgan fingerprint density at radius 1 is 0.978 bits per heavy atom. The van der Waals surface area contributed by atoms with Crippen LogP contribution in [0.2, 0.25) is 0 Å². The number of aromatic nitrogens is 2. The monoisotopic (exact) mass is 616 g/mol. The number of hydrogen-bond acceptors (Lipinski definition) is 7. The Morgan fingerprint density at radius 2 is 1.70 bits per heavy atom. The Labute approximate surface area is 269 Å². The van der Waals surface area contributed by atoms with Gasteiger partial charge < -0.3 is 30.7 Å². The summed E-state index contributed by atoms with van der Waals surface area (Å²) in [5, 5.41) is 34.6. The van der Waals surface area contributed by atoms with Crippen molar-refractivity contribution in [1.29, 1.82) is 5.26 Å². The van der Waals surface area contributed by atoms with Crippen molar-refractivity contribution in [1.82, 2.24) is 9.97 Å². The van der Waals surface area contributed by atoms with Gasteiger partial charge in [0, 0.05) is 41.3 Å². The summed E-state index contributed by atoms with van der Waals surface area (Å²) in [6.07, 6.45) is 0.995. The Bertz CT molecular complexity index is 1820. The molecule has 1 aromatic heterocycles. The first-order chi connectivity index (χ1) is 22.3. The van der Waals surface area contributed by atoms with Crippen LogP contribution in [0.3, 0.4) is 0 Å². The number of fused-ring (bicyclic) bond motifs is 1. The molecule has 0 aliphatic heterocycles. The number of aryl methyl sites for hydroxylation is 1. The van der Waals surface area contributed by atoms with E-state index in [1.807, 2.05) is 84.6 Å². The number of aliphatic hydroxyl groups is 2. The van der Waals surface area contributed by atoms with Gasteiger partial charge in [-0.1, -0.05) is 32.4 Å². The number of benzene rings is 4. The summed E-state index contributed by atoms with van der Waals surface area (Å²) < 4.78 is 0. The summed E-state index contributed by atoms with van der Waals surface area (Å²) in [5.41, 5.74) is 8.28. The molecule has 0 saturated carbocycles. The molecule has 5 rings (SSSR count). The molecule has 1 heterocycles. The van der Waals surface area contributed by atoms with Crippen LogP contribution in [0.1, 0.15) is 53.4 Å². The fraction of sp³-hybridized carbons (Fsp3) is 0.270. The third-order valence-electron chi connectivity index (χ3n) is 8.40. The van der Waals surface area contributed by atoms with Crippen molar-refractivity contribution < 1.29 is 15.0 Å². The molecular formula is C37H40N6O3. The smallest absolute Gasteiger partial charge is 0.255 e. The number of imidazole rings is 1. The van der Waals surface area contributed by atoms with Crippen molar-refractivity contribution in [3.05, 3.63) is 107 Å². The van der Waals surface area contributed by atoms with E-state index in [0.29, 0.717) is 41.6 Å². The number of nitriles is 1. The molecule has 5 N–H and O–H groups in total. The molecule has 9 heteroatoms. The first-order valence-corrected chi connectivity index (χ1v) is 15.6. The minimum Gasteiger partial charge on any atom is -0.395 e. The normalized spacial score (nSPS) is 12.3. The van der Waals surface area contributed by atoms with Gasteiger partial charge >= 0.3 is 0 Å². The van der Waals surface area contributed by atoms with Crippen LogP contribution in [0.5, 0.6) is 0 Å². The van der Waals surface area contributed by atoms with E-state index in [1.54, 1.807) is 12.1 Å². The Morgan fingerprint density at radius 3 is 2.33 bits per heavy atom. The highest BCUT2D eigenvalue weighted by Crippen LogP contribution is 2.32. The molecule has 46 heavy (non-hydrogen) atoms. The molecule has 0 aliphatic carbocycles. The molecule has 0 fully saturated rings. The van der Waals surface area contributed by atoms with E-state index >= 15 is 0 Å². The Kier molecular flexibility index (Phi) is 10.3. The fourth-order valence-corrected chi connectivity index (χ4v) is 5.56. The molecule has 4 aromatic carbocycles. The lowest BCUT2D eigenvalue weighted by molar-refractivity contribution is 0.102. The SMILES string of the molecule is CCC(C)C(Nc1ccc(NC(=O)c2ccc3nc(-c4ccc(N(CCO)CCO)cc4)[nH]c3c2)cc1C)c1ccc(C#N)cc1. The van der Waals surface area contributed by atoms with Crippen molar-refractivity contribution in [2.45, 2.75) is 33.2 Å². The van der Waals surface area contributed by atoms with E-state index in [-0.39, 0.29) is 25.2 Å². The van der Waals surface area contributed by atoms with E-state index in [1.165, 1.54) is 0 Å². The van der Waals surface area contributed by atoms with Crippen molar-refractivity contribution in [3.63, 3.8) is 0 Å². The zero-order valence-corrected chi connectivity index (χ0v) is 26.4. The average molecular weight is 617 g/mol. The molecule has 2 unspecified atom stereocenters. The second-order valence-electron chi connectivity index (χ2n) is 11.5. The standard InChI is InChI=1S/C37H40N6O3/c1-4-24(2)35(27-7-5-26(23-38)6-8-27)40-32-16-12-30(21-25(32)3)39-37(46)29-11-15-33-34(22-29)42-36(41-33)28-9-13-31(14-10-28)43(17-19-44)18-20-45/h5-16,21-22,24,35,40,44-45H,4,17-20H2,1-3H3,(H,39,46)(H,41,42). The number of anilines is 3. The highest BCUT2D eigenvalue weighted by molar-refractivity contribution is 6.06. The van der Waals surface area contributed by atoms with E-state index in [9.17, 15) is 20.3 Å². The third kappa shape index (κ3) is 7.37. The van der Waals surface area contributed by atoms with E-state index in [0.717, 1.165) is 45.5 Å². The molecule has 1 amide bonds. The number of hydrogen-bond donors (Lipinski definition) is 5. The minimum absolute atomic E-state index is 0.00316. The third-order valence-corrected chi connectivity index (χ3v) is 8.40. The fourth-order valence-electron chi connectivity index (χ4n) is 5.56. The highest BCUT2D eigenvalue weighted by atomic mass is 16.3. The topological polar surface area (TPSA) is 137 Å². The van der Waals surface area contributed by atoms with Crippen LogP contribution in [-0.4, -0.2) is 52.4 Å². The summed E-state index contributed by atoms with van der Waals surface area (Å²) in [4.78, 5) is 23.2. The number of carbonyl (C=O) groups is 1. The lowest BCUT2D eigenvalue weighted by Gasteiger charge is -2.27. The second-order valence-corrected chi connectivity index (χ2v) is 11.5. The van der Waals surface area contributed by atoms with Gasteiger partial charge in [0.1, 0.15) is 5.82 Å². The van der Waals surface area contributed by atoms with E-state index < -0.39 is 0 Å². The maximum absolute atomic E-state index is 13.3. The molecule has 5 aromatic rings. The number of rotatable bonds is 13. The molecule has 0 bridgehead atoms. The second kappa shape index (κ2) is 14.7. The molecule has 0 spiro atoms. The van der Waals surface area contributed by atoms with Gasteiger partial charge in [0.15, 0.2) is 0 Å². The first kappa shape index (κ1) is 32.2. The maximum atomic E-state index is 13.3. The van der Waals surface area contributed by atoms with Crippen LogP contribution in [0, 0.1) is 24.2 Å². The number of nitrogens with one attached hydrogen (secondary N) is 3. The number of carbonyl (C=O) groups excluding carboxylic acids is 1. The van der Waals surface area contributed by atoms with Crippen molar-refractivity contribution in [2.75, 3.05) is 41.8 Å². The van der Waals surface area contributed by atoms with Crippen LogP contribution in [0.4, 0.5) is 17.1 Å². The molecule has 0 aliphatic rings. The van der Waals surface area contributed by atoms with Crippen LogP contribution in [0.15, 0.2) is 84.9 Å². The van der Waals surface area contributed by atoms with Gasteiger partial charge in [-0.25, -0.2) is 4.98 Å². The van der Waals surface area contributed by atoms with Gasteiger partial charge in [0.25, 0.3) is 5.91 Å². The van der Waals surface area contributed by atoms with Gasteiger partial charge in [-0.15, -0.1) is 0 Å². The number of aromatic amines is 1. The van der Waals surface area contributed by atoms with E-state index in [4.69, 9.17) is 4.98 Å². The van der Waals surface area contributed by atoms with Crippen LogP contribution in [-0.2, 0) is 0 Å². The number of aliphatic hydroxyl groups excluding tert-OH is 2. The van der Waals surface area contributed by atoms with Gasteiger partial charge in [0.05, 0.1) is 41.9 Å². The lowest BCUT2D eigenvalue weighted by Crippen LogP contribution is -2.29. The molecular weight excluding hydrogens is 576 g/mol. The minimum atomic E-state index is -0.217. The Balaban J connectivity index is 1.28. The van der Waals surface area contributed by atoms with Crippen LogP contribution >= 0.6 is 0 Å². The number of nitrogens with zero attached hydrogens (tertiary/aromatic N) is 3. The number of H-pyrrole nitrogens is 1. The summed E-state index contributed by atoms with van der Waals surface area (Å²) >= 11 is 0. The lowest BCUT2D eigenvalue weighted by atomic mass is 9.91. The van der Waals surface area contributed by atoms with Gasteiger partial charge in [-0.3, -0.25) is 4.79 Å².